The quantitative estimate of drug-likeness (QED) is 0.472. The summed E-state index contributed by atoms with van der Waals surface area (Å²) in [7, 11) is 0. The second-order valence-electron chi connectivity index (χ2n) is 0.971. The normalized spacial score (nSPS) is 7.60. The molecule has 0 aliphatic rings. The standard InChI is InChI=1S/C4H4O4.2Rb/c5-3(6)1-2-4(7)8;;/h1-2H,(H,5,6)(H,7,8);;/q;2*+1/p-2/b2-1-;;. The van der Waals surface area contributed by atoms with Gasteiger partial charge in [-0.15, -0.1) is 0 Å². The first kappa shape index (κ1) is 18.2. The predicted molar refractivity (Wildman–Crippen MR) is 19.2 cm³/mol. The summed E-state index contributed by atoms with van der Waals surface area (Å²) < 4.78 is 0. The van der Waals surface area contributed by atoms with Crippen LogP contribution in [0.1, 0.15) is 0 Å². The number of carbonyl (C=O) groups is 2. The number of rotatable bonds is 2. The first-order valence-corrected chi connectivity index (χ1v) is 1.73. The summed E-state index contributed by atoms with van der Waals surface area (Å²) in [6.07, 6.45) is 0.769. The maximum absolute atomic E-state index is 9.41. The molecule has 0 N–H and O–H groups in total. The number of hydrogen-bond acceptors (Lipinski definition) is 4. The van der Waals surface area contributed by atoms with Crippen LogP contribution in [0.25, 0.3) is 0 Å². The van der Waals surface area contributed by atoms with Gasteiger partial charge in [0.2, 0.25) is 0 Å². The molecule has 0 saturated heterocycles. The summed E-state index contributed by atoms with van der Waals surface area (Å²) in [4.78, 5) is 18.8. The van der Waals surface area contributed by atoms with Gasteiger partial charge in [-0.25, -0.2) is 0 Å². The minimum absolute atomic E-state index is 0. The molecule has 0 atom stereocenters. The van der Waals surface area contributed by atoms with E-state index in [4.69, 9.17) is 0 Å². The van der Waals surface area contributed by atoms with Crippen molar-refractivity contribution in [3.8, 4) is 0 Å². The second kappa shape index (κ2) is 11.3. The molecule has 6 heteroatoms. The third-order valence-electron chi connectivity index (χ3n) is 0.355. The first-order valence-electron chi connectivity index (χ1n) is 1.73. The number of carboxylic acids is 2. The van der Waals surface area contributed by atoms with Crippen molar-refractivity contribution < 1.29 is 136 Å². The first-order chi connectivity index (χ1) is 3.63. The molecular weight excluding hydrogens is 283 g/mol. The van der Waals surface area contributed by atoms with Crippen LogP contribution in [0.2, 0.25) is 0 Å². The predicted octanol–water partition coefficient (Wildman–Crippen LogP) is -8.95. The fraction of sp³-hybridized carbons (Fsp3) is 0. The van der Waals surface area contributed by atoms with Gasteiger partial charge in [-0.05, 0) is 12.2 Å². The van der Waals surface area contributed by atoms with Crippen molar-refractivity contribution in [1.29, 1.82) is 0 Å². The molecule has 0 fully saturated rings. The van der Waals surface area contributed by atoms with Gasteiger partial charge in [-0.3, -0.25) is 0 Å². The molecular formula is C4H2O4Rb2. The van der Waals surface area contributed by atoms with E-state index >= 15 is 0 Å². The van der Waals surface area contributed by atoms with E-state index in [-0.39, 0.29) is 116 Å². The largest absolute Gasteiger partial charge is 1.00 e. The summed E-state index contributed by atoms with van der Waals surface area (Å²) >= 11 is 0. The minimum Gasteiger partial charge on any atom is -0.545 e. The second-order valence-corrected chi connectivity index (χ2v) is 0.971. The van der Waals surface area contributed by atoms with Crippen molar-refractivity contribution >= 4 is 11.9 Å². The van der Waals surface area contributed by atoms with Gasteiger partial charge in [0, 0.05) is 0 Å². The maximum atomic E-state index is 9.41. The molecule has 0 aliphatic heterocycles. The van der Waals surface area contributed by atoms with E-state index in [1.807, 2.05) is 0 Å². The van der Waals surface area contributed by atoms with Crippen LogP contribution in [0.5, 0.6) is 0 Å². The van der Waals surface area contributed by atoms with Gasteiger partial charge >= 0.3 is 116 Å². The molecule has 0 heterocycles. The van der Waals surface area contributed by atoms with Gasteiger partial charge in [-0.2, -0.15) is 0 Å². The number of aliphatic carboxylic acids is 2. The summed E-state index contributed by atoms with van der Waals surface area (Å²) in [5.74, 6) is -3.09. The van der Waals surface area contributed by atoms with E-state index < -0.39 is 11.9 Å². The van der Waals surface area contributed by atoms with Crippen molar-refractivity contribution in [3.05, 3.63) is 12.2 Å². The van der Waals surface area contributed by atoms with Crippen molar-refractivity contribution in [1.82, 2.24) is 0 Å². The van der Waals surface area contributed by atoms with Crippen LogP contribution < -0.4 is 127 Å². The Kier molecular flexibility index (Phi) is 20.5. The van der Waals surface area contributed by atoms with E-state index in [1.54, 1.807) is 0 Å². The molecule has 0 aromatic carbocycles. The number of hydrogen-bond donors (Lipinski definition) is 0. The van der Waals surface area contributed by atoms with E-state index in [2.05, 4.69) is 0 Å². The van der Waals surface area contributed by atoms with Crippen LogP contribution in [0.3, 0.4) is 0 Å². The summed E-state index contributed by atoms with van der Waals surface area (Å²) in [6.45, 7) is 0. The number of carboxylic acid groups (broad SMARTS) is 2. The Balaban J connectivity index is -0.000000245. The summed E-state index contributed by atoms with van der Waals surface area (Å²) in [5, 5.41) is 18.8. The third-order valence-corrected chi connectivity index (χ3v) is 0.355. The van der Waals surface area contributed by atoms with Crippen molar-refractivity contribution in [2.75, 3.05) is 0 Å². The topological polar surface area (TPSA) is 80.3 Å². The van der Waals surface area contributed by atoms with Crippen LogP contribution in [0.4, 0.5) is 0 Å². The number of carbonyl (C=O) groups excluding carboxylic acids is 2. The molecule has 0 aromatic rings. The van der Waals surface area contributed by atoms with Crippen molar-refractivity contribution in [2.45, 2.75) is 0 Å². The average molecular weight is 285 g/mol. The zero-order valence-corrected chi connectivity index (χ0v) is 15.6. The summed E-state index contributed by atoms with van der Waals surface area (Å²) in [5.41, 5.74) is 0. The molecule has 0 radical (unpaired) electrons. The van der Waals surface area contributed by atoms with Crippen LogP contribution >= 0.6 is 0 Å². The van der Waals surface area contributed by atoms with Gasteiger partial charge in [0.1, 0.15) is 0 Å². The van der Waals surface area contributed by atoms with Gasteiger partial charge in [0.15, 0.2) is 0 Å². The Bertz CT molecular complexity index is 126. The molecule has 0 aromatic heterocycles. The molecule has 10 heavy (non-hydrogen) atoms. The van der Waals surface area contributed by atoms with Crippen LogP contribution in [0.15, 0.2) is 12.2 Å². The van der Waals surface area contributed by atoms with Crippen LogP contribution in [0, 0.1) is 0 Å². The molecule has 44 valence electrons. The Labute approximate surface area is 156 Å². The fourth-order valence-electron chi connectivity index (χ4n) is 0.136. The zero-order valence-electron chi connectivity index (χ0n) is 5.79. The van der Waals surface area contributed by atoms with E-state index in [9.17, 15) is 19.8 Å². The molecule has 0 spiro atoms. The van der Waals surface area contributed by atoms with Gasteiger partial charge < -0.3 is 19.8 Å². The molecule has 0 bridgehead atoms. The minimum atomic E-state index is -1.55. The third kappa shape index (κ3) is 16.7. The van der Waals surface area contributed by atoms with Gasteiger partial charge in [-0.1, -0.05) is 0 Å². The zero-order chi connectivity index (χ0) is 6.57. The van der Waals surface area contributed by atoms with Crippen LogP contribution in [-0.4, -0.2) is 11.9 Å². The molecule has 0 aliphatic carbocycles. The maximum Gasteiger partial charge on any atom is 1.00 e. The monoisotopic (exact) mass is 284 g/mol. The molecule has 0 amide bonds. The molecule has 0 rings (SSSR count). The molecule has 0 unspecified atom stereocenters. The Morgan fingerprint density at radius 3 is 1.20 bits per heavy atom. The summed E-state index contributed by atoms with van der Waals surface area (Å²) in [6, 6.07) is 0. The van der Waals surface area contributed by atoms with Gasteiger partial charge in [0.05, 0.1) is 11.9 Å². The Morgan fingerprint density at radius 2 is 1.10 bits per heavy atom. The van der Waals surface area contributed by atoms with Crippen molar-refractivity contribution in [2.24, 2.45) is 0 Å². The molecule has 0 saturated carbocycles. The van der Waals surface area contributed by atoms with E-state index in [0.29, 0.717) is 12.2 Å². The Morgan fingerprint density at radius 1 is 0.900 bits per heavy atom. The van der Waals surface area contributed by atoms with Crippen molar-refractivity contribution in [3.63, 3.8) is 0 Å². The average Bonchev–Trinajstić information content (AvgIpc) is 1.61. The fourth-order valence-corrected chi connectivity index (χ4v) is 0.136. The molecule has 4 nitrogen and oxygen atoms in total. The SMILES string of the molecule is O=C([O-])/C=C\C(=O)[O-].[Rb+].[Rb+]. The van der Waals surface area contributed by atoms with E-state index in [0.717, 1.165) is 0 Å². The van der Waals surface area contributed by atoms with E-state index in [1.165, 1.54) is 0 Å². The van der Waals surface area contributed by atoms with Crippen LogP contribution in [-0.2, 0) is 9.59 Å². The van der Waals surface area contributed by atoms with Gasteiger partial charge in [0.25, 0.3) is 0 Å². The Hall–Kier alpha value is 2.29. The smallest absolute Gasteiger partial charge is 0.545 e.